The molecule has 4 N–H and O–H groups in total. The Hall–Kier alpha value is -3.86. The van der Waals surface area contributed by atoms with E-state index >= 15 is 0 Å². The van der Waals surface area contributed by atoms with Crippen molar-refractivity contribution in [2.75, 3.05) is 23.4 Å². The second-order valence-electron chi connectivity index (χ2n) is 10.6. The number of nitrogens with one attached hydrogen (secondary N) is 2. The van der Waals surface area contributed by atoms with Gasteiger partial charge < -0.3 is 35.1 Å². The quantitative estimate of drug-likeness (QED) is 0.130. The van der Waals surface area contributed by atoms with E-state index in [-0.39, 0.29) is 37.4 Å². The number of hydrogen-bond donors (Lipinski definition) is 4. The third kappa shape index (κ3) is 8.62. The van der Waals surface area contributed by atoms with E-state index < -0.39 is 6.29 Å². The summed E-state index contributed by atoms with van der Waals surface area (Å²) in [6, 6.07) is 32.1. The summed E-state index contributed by atoms with van der Waals surface area (Å²) in [6.45, 7) is 2.60. The Morgan fingerprint density at radius 3 is 2.16 bits per heavy atom. The van der Waals surface area contributed by atoms with Gasteiger partial charge in [0.25, 0.3) is 0 Å². The summed E-state index contributed by atoms with van der Waals surface area (Å²) in [7, 11) is 0. The maximum absolute atomic E-state index is 12.5. The van der Waals surface area contributed by atoms with Crippen molar-refractivity contribution in [1.82, 2.24) is 5.32 Å². The first-order valence-electron chi connectivity index (χ1n) is 14.7. The van der Waals surface area contributed by atoms with Gasteiger partial charge >= 0.3 is 6.03 Å². The minimum absolute atomic E-state index is 0.00585. The maximum Gasteiger partial charge on any atom is 0.319 e. The lowest BCUT2D eigenvalue weighted by Gasteiger charge is -2.41. The van der Waals surface area contributed by atoms with Crippen LogP contribution >= 0.6 is 11.8 Å². The summed E-state index contributed by atoms with van der Waals surface area (Å²) in [5.41, 5.74) is 4.36. The molecule has 230 valence electrons. The Kier molecular flexibility index (Phi) is 11.3. The van der Waals surface area contributed by atoms with E-state index in [9.17, 15) is 15.0 Å². The minimum Gasteiger partial charge on any atom is -0.457 e. The topological polar surface area (TPSA) is 109 Å². The number of aliphatic hydroxyl groups is 2. The molecule has 0 radical (unpaired) electrons. The third-order valence-corrected chi connectivity index (χ3v) is 8.47. The van der Waals surface area contributed by atoms with Gasteiger partial charge in [0, 0.05) is 35.2 Å². The van der Waals surface area contributed by atoms with Crippen molar-refractivity contribution in [2.45, 2.75) is 38.6 Å². The van der Waals surface area contributed by atoms with Crippen LogP contribution < -0.4 is 15.4 Å². The number of amides is 2. The first kappa shape index (κ1) is 31.6. The van der Waals surface area contributed by atoms with Crippen LogP contribution in [0.5, 0.6) is 11.5 Å². The van der Waals surface area contributed by atoms with Gasteiger partial charge in [0.05, 0.1) is 25.4 Å². The smallest absolute Gasteiger partial charge is 0.319 e. The number of aliphatic hydroxyl groups excluding tert-OH is 2. The molecule has 1 aliphatic heterocycles. The molecule has 4 atom stereocenters. The predicted molar refractivity (Wildman–Crippen MR) is 173 cm³/mol. The SMILES string of the molecule is C[C@H]1[C@@H](CSCCO)O[C@@H](c2ccc(CNC(=O)Nc3ccc(Oc4ccccc4)cc3)cc2)O[C@H]1c1ccc(CO)cc1. The molecule has 1 saturated heterocycles. The van der Waals surface area contributed by atoms with Crippen molar-refractivity contribution in [1.29, 1.82) is 0 Å². The van der Waals surface area contributed by atoms with E-state index in [1.807, 2.05) is 91.0 Å². The van der Waals surface area contributed by atoms with Crippen LogP contribution in [0, 0.1) is 5.92 Å². The molecule has 44 heavy (non-hydrogen) atoms. The standard InChI is InChI=1S/C35H38N2O6S/c1-24-32(23-44-20-19-38)42-34(43-33(24)27-11-9-26(22-39)10-12-27)28-13-7-25(8-14-28)21-36-35(40)37-29-15-17-31(18-16-29)41-30-5-3-2-4-6-30/h2-18,24,32-34,38-39H,19-23H2,1H3,(H2,36,37,40)/t24-,32+,33+,34+/m0/s1. The van der Waals surface area contributed by atoms with Crippen LogP contribution in [0.3, 0.4) is 0 Å². The Morgan fingerprint density at radius 1 is 0.818 bits per heavy atom. The first-order valence-corrected chi connectivity index (χ1v) is 15.8. The van der Waals surface area contributed by atoms with Gasteiger partial charge in [-0.25, -0.2) is 4.79 Å². The van der Waals surface area contributed by atoms with Gasteiger partial charge in [0.2, 0.25) is 0 Å². The Labute approximate surface area is 262 Å². The van der Waals surface area contributed by atoms with Gasteiger partial charge in [-0.1, -0.05) is 73.7 Å². The summed E-state index contributed by atoms with van der Waals surface area (Å²) < 4.78 is 18.7. The number of anilines is 1. The average molecular weight is 615 g/mol. The highest BCUT2D eigenvalue weighted by atomic mass is 32.2. The maximum atomic E-state index is 12.5. The molecule has 1 aliphatic rings. The third-order valence-electron chi connectivity index (χ3n) is 7.44. The van der Waals surface area contributed by atoms with E-state index in [1.165, 1.54) is 0 Å². The summed E-state index contributed by atoms with van der Waals surface area (Å²) in [6.07, 6.45) is -0.824. The van der Waals surface area contributed by atoms with Gasteiger partial charge in [-0.2, -0.15) is 11.8 Å². The van der Waals surface area contributed by atoms with Crippen LogP contribution in [0.2, 0.25) is 0 Å². The second kappa shape index (κ2) is 15.7. The molecular formula is C35H38N2O6S. The lowest BCUT2D eigenvalue weighted by Crippen LogP contribution is -2.38. The normalized spacial score (nSPS) is 19.7. The molecule has 4 aromatic carbocycles. The number of urea groups is 1. The van der Waals surface area contributed by atoms with Crippen molar-refractivity contribution in [3.05, 3.63) is 125 Å². The molecule has 0 unspecified atom stereocenters. The van der Waals surface area contributed by atoms with E-state index in [0.717, 1.165) is 33.8 Å². The number of hydrogen-bond acceptors (Lipinski definition) is 7. The lowest BCUT2D eigenvalue weighted by atomic mass is 9.91. The number of carbonyl (C=O) groups excluding carboxylic acids is 1. The Bertz CT molecular complexity index is 1450. The molecule has 8 nitrogen and oxygen atoms in total. The number of para-hydroxylation sites is 1. The molecule has 5 rings (SSSR count). The van der Waals surface area contributed by atoms with Crippen LogP contribution in [0.4, 0.5) is 10.5 Å². The fraction of sp³-hybridized carbons (Fsp3) is 0.286. The molecule has 1 fully saturated rings. The van der Waals surface area contributed by atoms with Crippen molar-refractivity contribution >= 4 is 23.5 Å². The fourth-order valence-electron chi connectivity index (χ4n) is 4.96. The predicted octanol–water partition coefficient (Wildman–Crippen LogP) is 6.81. The number of benzene rings is 4. The zero-order valence-electron chi connectivity index (χ0n) is 24.6. The van der Waals surface area contributed by atoms with Gasteiger partial charge in [0.1, 0.15) is 11.5 Å². The highest BCUT2D eigenvalue weighted by Gasteiger charge is 2.38. The average Bonchev–Trinajstić information content (AvgIpc) is 3.06. The van der Waals surface area contributed by atoms with E-state index in [0.29, 0.717) is 23.7 Å². The molecule has 2 amide bonds. The molecule has 9 heteroatoms. The molecule has 0 saturated carbocycles. The van der Waals surface area contributed by atoms with Crippen LogP contribution in [0.25, 0.3) is 0 Å². The van der Waals surface area contributed by atoms with Crippen LogP contribution in [0.15, 0.2) is 103 Å². The number of thioether (sulfide) groups is 1. The number of ether oxygens (including phenoxy) is 3. The monoisotopic (exact) mass is 614 g/mol. The molecule has 0 spiro atoms. The first-order chi connectivity index (χ1) is 21.5. The summed E-state index contributed by atoms with van der Waals surface area (Å²) >= 11 is 1.66. The molecule has 1 heterocycles. The molecule has 0 aliphatic carbocycles. The molecular weight excluding hydrogens is 576 g/mol. The van der Waals surface area contributed by atoms with Gasteiger partial charge in [-0.05, 0) is 53.1 Å². The Balaban J connectivity index is 1.17. The molecule has 0 bridgehead atoms. The minimum atomic E-state index is -0.562. The summed E-state index contributed by atoms with van der Waals surface area (Å²) in [5, 5.41) is 24.5. The van der Waals surface area contributed by atoms with E-state index in [4.69, 9.17) is 14.2 Å². The van der Waals surface area contributed by atoms with Crippen molar-refractivity contribution in [3.8, 4) is 11.5 Å². The van der Waals surface area contributed by atoms with Crippen molar-refractivity contribution in [2.24, 2.45) is 5.92 Å². The highest BCUT2D eigenvalue weighted by molar-refractivity contribution is 7.99. The second-order valence-corrected chi connectivity index (χ2v) is 11.8. The van der Waals surface area contributed by atoms with Crippen molar-refractivity contribution in [3.63, 3.8) is 0 Å². The lowest BCUT2D eigenvalue weighted by molar-refractivity contribution is -0.268. The fourth-order valence-corrected chi connectivity index (χ4v) is 5.87. The largest absolute Gasteiger partial charge is 0.457 e. The van der Waals surface area contributed by atoms with Crippen LogP contribution in [-0.4, -0.2) is 40.5 Å². The van der Waals surface area contributed by atoms with Gasteiger partial charge in [-0.3, -0.25) is 0 Å². The van der Waals surface area contributed by atoms with Crippen LogP contribution in [-0.2, 0) is 22.6 Å². The summed E-state index contributed by atoms with van der Waals surface area (Å²) in [4.78, 5) is 12.5. The van der Waals surface area contributed by atoms with E-state index in [1.54, 1.807) is 23.9 Å². The van der Waals surface area contributed by atoms with Gasteiger partial charge in [0.15, 0.2) is 6.29 Å². The molecule has 0 aromatic heterocycles. The van der Waals surface area contributed by atoms with Gasteiger partial charge in [-0.15, -0.1) is 0 Å². The zero-order valence-corrected chi connectivity index (χ0v) is 25.4. The van der Waals surface area contributed by atoms with Crippen molar-refractivity contribution < 1.29 is 29.2 Å². The number of rotatable bonds is 12. The Morgan fingerprint density at radius 2 is 1.48 bits per heavy atom. The summed E-state index contributed by atoms with van der Waals surface area (Å²) in [5.74, 6) is 2.92. The van der Waals surface area contributed by atoms with Crippen LogP contribution in [0.1, 0.15) is 41.6 Å². The number of carbonyl (C=O) groups is 1. The van der Waals surface area contributed by atoms with E-state index in [2.05, 4.69) is 17.6 Å². The highest BCUT2D eigenvalue weighted by Crippen LogP contribution is 2.42. The zero-order chi connectivity index (χ0) is 30.7. The molecule has 4 aromatic rings.